The maximum absolute atomic E-state index is 13.5. The van der Waals surface area contributed by atoms with Crippen LogP contribution in [0.3, 0.4) is 0 Å². The van der Waals surface area contributed by atoms with Crippen LogP contribution in [0.2, 0.25) is 0 Å². The van der Waals surface area contributed by atoms with Gasteiger partial charge in [0.1, 0.15) is 5.82 Å². The summed E-state index contributed by atoms with van der Waals surface area (Å²) in [6.45, 7) is 6.02. The second-order valence-corrected chi connectivity index (χ2v) is 7.59. The number of aromatic nitrogens is 2. The molecule has 6 nitrogen and oxygen atoms in total. The molecule has 1 fully saturated rings. The van der Waals surface area contributed by atoms with Crippen molar-refractivity contribution in [3.05, 3.63) is 77.0 Å². The van der Waals surface area contributed by atoms with Crippen molar-refractivity contribution in [1.29, 1.82) is 0 Å². The maximum atomic E-state index is 13.5. The molecule has 31 heavy (non-hydrogen) atoms. The van der Waals surface area contributed by atoms with Gasteiger partial charge in [-0.15, -0.1) is 0 Å². The van der Waals surface area contributed by atoms with Gasteiger partial charge in [0.05, 0.1) is 0 Å². The average molecular weight is 423 g/mol. The van der Waals surface area contributed by atoms with Crippen molar-refractivity contribution in [2.75, 3.05) is 36.4 Å². The quantitative estimate of drug-likeness (QED) is 0.685. The molecule has 0 bridgehead atoms. The summed E-state index contributed by atoms with van der Waals surface area (Å²) in [6, 6.07) is 13.1. The van der Waals surface area contributed by atoms with Gasteiger partial charge in [0.2, 0.25) is 5.95 Å². The number of rotatable bonds is 4. The number of nitrogens with zero attached hydrogens (tertiary/aromatic N) is 4. The van der Waals surface area contributed by atoms with Crippen LogP contribution in [0, 0.1) is 25.5 Å². The smallest absolute Gasteiger partial charge is 0.254 e. The lowest BCUT2D eigenvalue weighted by Gasteiger charge is -2.35. The molecule has 1 aliphatic rings. The third-order valence-corrected chi connectivity index (χ3v) is 5.21. The van der Waals surface area contributed by atoms with E-state index in [2.05, 4.69) is 20.2 Å². The van der Waals surface area contributed by atoms with Crippen molar-refractivity contribution in [3.8, 4) is 0 Å². The highest BCUT2D eigenvalue weighted by atomic mass is 19.2. The topological polar surface area (TPSA) is 61.4 Å². The number of carbonyl (C=O) groups excluding carboxylic acids is 1. The zero-order valence-corrected chi connectivity index (χ0v) is 17.4. The molecule has 2 heterocycles. The van der Waals surface area contributed by atoms with Gasteiger partial charge in [-0.1, -0.05) is 17.7 Å². The standard InChI is InChI=1S/C23H23F2N5O/c1-15-3-6-18(7-4-15)27-23-26-16(2)13-21(28-23)29-9-11-30(12-10-29)22(31)17-5-8-19(24)20(25)14-17/h3-8,13-14H,9-12H2,1-2H3,(H,26,27,28). The van der Waals surface area contributed by atoms with E-state index in [4.69, 9.17) is 0 Å². The molecule has 1 amide bonds. The summed E-state index contributed by atoms with van der Waals surface area (Å²) in [6.07, 6.45) is 0. The molecule has 1 aromatic heterocycles. The highest BCUT2D eigenvalue weighted by Gasteiger charge is 2.24. The molecule has 0 unspecified atom stereocenters. The van der Waals surface area contributed by atoms with Crippen molar-refractivity contribution in [1.82, 2.24) is 14.9 Å². The molecule has 0 aliphatic carbocycles. The van der Waals surface area contributed by atoms with E-state index in [0.717, 1.165) is 29.3 Å². The highest BCUT2D eigenvalue weighted by Crippen LogP contribution is 2.21. The van der Waals surface area contributed by atoms with Crippen LogP contribution in [0.4, 0.5) is 26.2 Å². The Morgan fingerprint density at radius 1 is 0.903 bits per heavy atom. The molecule has 8 heteroatoms. The number of anilines is 3. The summed E-state index contributed by atoms with van der Waals surface area (Å²) in [5, 5.41) is 3.23. The first-order valence-corrected chi connectivity index (χ1v) is 10.1. The number of hydrogen-bond acceptors (Lipinski definition) is 5. The van der Waals surface area contributed by atoms with E-state index in [1.165, 1.54) is 11.6 Å². The molecule has 1 aliphatic heterocycles. The predicted molar refractivity (Wildman–Crippen MR) is 116 cm³/mol. The molecule has 4 rings (SSSR count). The molecule has 2 aromatic carbocycles. The van der Waals surface area contributed by atoms with Gasteiger partial charge in [0, 0.05) is 49.2 Å². The number of carbonyl (C=O) groups is 1. The summed E-state index contributed by atoms with van der Waals surface area (Å²) < 4.78 is 26.6. The van der Waals surface area contributed by atoms with Crippen LogP contribution in [0.25, 0.3) is 0 Å². The largest absolute Gasteiger partial charge is 0.353 e. The lowest BCUT2D eigenvalue weighted by Crippen LogP contribution is -2.49. The molecule has 0 atom stereocenters. The Hall–Kier alpha value is -3.55. The Labute approximate surface area is 179 Å². The van der Waals surface area contributed by atoms with Gasteiger partial charge < -0.3 is 15.1 Å². The summed E-state index contributed by atoms with van der Waals surface area (Å²) in [5.74, 6) is -0.995. The van der Waals surface area contributed by atoms with Gasteiger partial charge >= 0.3 is 0 Å². The number of piperazine rings is 1. The lowest BCUT2D eigenvalue weighted by atomic mass is 10.1. The van der Waals surface area contributed by atoms with Crippen LogP contribution in [-0.2, 0) is 0 Å². The van der Waals surface area contributed by atoms with Gasteiger partial charge in [-0.05, 0) is 44.2 Å². The summed E-state index contributed by atoms with van der Waals surface area (Å²) >= 11 is 0. The van der Waals surface area contributed by atoms with Crippen molar-refractivity contribution in [3.63, 3.8) is 0 Å². The van der Waals surface area contributed by atoms with E-state index in [-0.39, 0.29) is 11.5 Å². The van der Waals surface area contributed by atoms with Gasteiger partial charge in [-0.25, -0.2) is 13.8 Å². The van der Waals surface area contributed by atoms with Crippen LogP contribution in [0.1, 0.15) is 21.6 Å². The molecule has 0 spiro atoms. The number of aryl methyl sites for hydroxylation is 2. The van der Waals surface area contributed by atoms with Crippen LogP contribution in [-0.4, -0.2) is 47.0 Å². The first-order valence-electron chi connectivity index (χ1n) is 10.1. The monoisotopic (exact) mass is 423 g/mol. The fourth-order valence-electron chi connectivity index (χ4n) is 3.49. The van der Waals surface area contributed by atoms with Crippen LogP contribution in [0.15, 0.2) is 48.5 Å². The van der Waals surface area contributed by atoms with Crippen LogP contribution in [0.5, 0.6) is 0 Å². The summed E-state index contributed by atoms with van der Waals surface area (Å²) in [4.78, 5) is 25.5. The minimum Gasteiger partial charge on any atom is -0.353 e. The van der Waals surface area contributed by atoms with Gasteiger partial charge in [0.25, 0.3) is 5.91 Å². The Kier molecular flexibility index (Phi) is 5.79. The number of nitrogens with one attached hydrogen (secondary N) is 1. The van der Waals surface area contributed by atoms with E-state index in [9.17, 15) is 13.6 Å². The number of hydrogen-bond donors (Lipinski definition) is 1. The van der Waals surface area contributed by atoms with Crippen molar-refractivity contribution < 1.29 is 13.6 Å². The number of benzene rings is 2. The molecule has 1 N–H and O–H groups in total. The molecular weight excluding hydrogens is 400 g/mol. The minimum absolute atomic E-state index is 0.148. The normalized spacial score (nSPS) is 13.9. The molecule has 0 radical (unpaired) electrons. The van der Waals surface area contributed by atoms with E-state index >= 15 is 0 Å². The van der Waals surface area contributed by atoms with Crippen molar-refractivity contribution in [2.45, 2.75) is 13.8 Å². The Balaban J connectivity index is 1.43. The Morgan fingerprint density at radius 3 is 2.29 bits per heavy atom. The van der Waals surface area contributed by atoms with Crippen LogP contribution < -0.4 is 10.2 Å². The van der Waals surface area contributed by atoms with Gasteiger partial charge in [-0.3, -0.25) is 4.79 Å². The minimum atomic E-state index is -1.02. The van der Waals surface area contributed by atoms with Gasteiger partial charge in [-0.2, -0.15) is 4.98 Å². The SMILES string of the molecule is Cc1ccc(Nc2nc(C)cc(N3CCN(C(=O)c4ccc(F)c(F)c4)CC3)n2)cc1. The highest BCUT2D eigenvalue weighted by molar-refractivity contribution is 5.94. The van der Waals surface area contributed by atoms with E-state index < -0.39 is 11.6 Å². The first-order chi connectivity index (χ1) is 14.9. The number of amides is 1. The van der Waals surface area contributed by atoms with Gasteiger partial charge in [0.15, 0.2) is 11.6 Å². The molecule has 160 valence electrons. The number of halogens is 2. The molecule has 3 aromatic rings. The van der Waals surface area contributed by atoms with Crippen molar-refractivity contribution >= 4 is 23.4 Å². The first kappa shape index (κ1) is 20.7. The lowest BCUT2D eigenvalue weighted by molar-refractivity contribution is 0.0746. The average Bonchev–Trinajstić information content (AvgIpc) is 2.76. The third kappa shape index (κ3) is 4.79. The maximum Gasteiger partial charge on any atom is 0.254 e. The van der Waals surface area contributed by atoms with Crippen LogP contribution >= 0.6 is 0 Å². The molecule has 1 saturated heterocycles. The fraction of sp³-hybridized carbons (Fsp3) is 0.261. The molecule has 0 saturated carbocycles. The zero-order valence-electron chi connectivity index (χ0n) is 17.4. The summed E-state index contributed by atoms with van der Waals surface area (Å²) in [5.41, 5.74) is 3.06. The second kappa shape index (κ2) is 8.67. The zero-order chi connectivity index (χ0) is 22.0. The van der Waals surface area contributed by atoms with E-state index in [0.29, 0.717) is 32.1 Å². The predicted octanol–water partition coefficient (Wildman–Crippen LogP) is 4.08. The molecular formula is C23H23F2N5O. The van der Waals surface area contributed by atoms with E-state index in [1.807, 2.05) is 44.2 Å². The second-order valence-electron chi connectivity index (χ2n) is 7.59. The van der Waals surface area contributed by atoms with E-state index in [1.54, 1.807) is 4.90 Å². The Bertz CT molecular complexity index is 1100. The third-order valence-electron chi connectivity index (χ3n) is 5.21. The fourth-order valence-corrected chi connectivity index (χ4v) is 3.49. The van der Waals surface area contributed by atoms with Crippen molar-refractivity contribution in [2.24, 2.45) is 0 Å². The Morgan fingerprint density at radius 2 is 1.61 bits per heavy atom. The summed E-state index contributed by atoms with van der Waals surface area (Å²) in [7, 11) is 0.